The van der Waals surface area contributed by atoms with Crippen LogP contribution in [0, 0.1) is 6.92 Å². The predicted molar refractivity (Wildman–Crippen MR) is 86.3 cm³/mol. The Morgan fingerprint density at radius 2 is 1.62 bits per heavy atom. The summed E-state index contributed by atoms with van der Waals surface area (Å²) in [6.07, 6.45) is 0. The van der Waals surface area contributed by atoms with Crippen LogP contribution in [0.2, 0.25) is 10.3 Å². The van der Waals surface area contributed by atoms with E-state index in [4.69, 9.17) is 27.9 Å². The van der Waals surface area contributed by atoms with Gasteiger partial charge in [-0.1, -0.05) is 53.5 Å². The molecule has 3 nitrogen and oxygen atoms in total. The van der Waals surface area contributed by atoms with Gasteiger partial charge in [-0.2, -0.15) is 0 Å². The predicted octanol–water partition coefficient (Wildman–Crippen LogP) is 4.92. The van der Waals surface area contributed by atoms with Gasteiger partial charge in [0.1, 0.15) is 16.1 Å². The largest absolute Gasteiger partial charge is 0.496 e. The average Bonchev–Trinajstić information content (AvgIpc) is 2.51. The fraction of sp³-hybridized carbons (Fsp3) is 0.125. The monoisotopic (exact) mass is 318 g/mol. The molecule has 0 amide bonds. The second kappa shape index (κ2) is 5.51. The van der Waals surface area contributed by atoms with Gasteiger partial charge < -0.3 is 4.74 Å². The van der Waals surface area contributed by atoms with Crippen molar-refractivity contribution in [2.24, 2.45) is 0 Å². The summed E-state index contributed by atoms with van der Waals surface area (Å²) in [6, 6.07) is 11.9. The molecule has 0 atom stereocenters. The third-order valence-electron chi connectivity index (χ3n) is 3.36. The van der Waals surface area contributed by atoms with Gasteiger partial charge >= 0.3 is 0 Å². The number of hydrogen-bond acceptors (Lipinski definition) is 3. The maximum Gasteiger partial charge on any atom is 0.166 e. The van der Waals surface area contributed by atoms with Gasteiger partial charge in [0, 0.05) is 5.56 Å². The molecule has 5 heteroatoms. The molecule has 0 bridgehead atoms. The Kier molecular flexibility index (Phi) is 3.70. The standard InChI is InChI=1S/C16H12Cl2N2O/c1-9-14(17)19-16(20-15(9)18)13-11-6-4-3-5-10(11)7-8-12(13)21-2/h3-8H,1-2H3. The highest BCUT2D eigenvalue weighted by atomic mass is 35.5. The summed E-state index contributed by atoms with van der Waals surface area (Å²) in [6.45, 7) is 1.79. The van der Waals surface area contributed by atoms with Crippen molar-refractivity contribution in [3.63, 3.8) is 0 Å². The van der Waals surface area contributed by atoms with Crippen molar-refractivity contribution in [3.8, 4) is 17.1 Å². The van der Waals surface area contributed by atoms with Crippen LogP contribution in [-0.2, 0) is 0 Å². The summed E-state index contributed by atoms with van der Waals surface area (Å²) in [4.78, 5) is 8.70. The zero-order valence-electron chi connectivity index (χ0n) is 11.5. The Morgan fingerprint density at radius 1 is 0.952 bits per heavy atom. The van der Waals surface area contributed by atoms with E-state index in [9.17, 15) is 0 Å². The van der Waals surface area contributed by atoms with Crippen molar-refractivity contribution in [2.75, 3.05) is 7.11 Å². The van der Waals surface area contributed by atoms with Gasteiger partial charge in [-0.15, -0.1) is 0 Å². The van der Waals surface area contributed by atoms with Crippen LogP contribution in [0.4, 0.5) is 0 Å². The fourth-order valence-corrected chi connectivity index (χ4v) is 2.62. The molecule has 21 heavy (non-hydrogen) atoms. The van der Waals surface area contributed by atoms with Crippen molar-refractivity contribution in [3.05, 3.63) is 52.3 Å². The second-order valence-electron chi connectivity index (χ2n) is 4.62. The molecule has 0 unspecified atom stereocenters. The number of rotatable bonds is 2. The van der Waals surface area contributed by atoms with Gasteiger partial charge in [0.15, 0.2) is 5.82 Å². The molecule has 2 aromatic carbocycles. The molecule has 0 spiro atoms. The summed E-state index contributed by atoms with van der Waals surface area (Å²) >= 11 is 12.3. The number of benzene rings is 2. The molecular weight excluding hydrogens is 307 g/mol. The van der Waals surface area contributed by atoms with Crippen LogP contribution in [0.15, 0.2) is 36.4 Å². The third kappa shape index (κ3) is 2.43. The van der Waals surface area contributed by atoms with E-state index in [-0.39, 0.29) is 0 Å². The van der Waals surface area contributed by atoms with Crippen molar-refractivity contribution in [2.45, 2.75) is 6.92 Å². The van der Waals surface area contributed by atoms with Crippen molar-refractivity contribution in [1.29, 1.82) is 0 Å². The first-order chi connectivity index (χ1) is 10.1. The Morgan fingerprint density at radius 3 is 2.29 bits per heavy atom. The molecule has 3 rings (SSSR count). The van der Waals surface area contributed by atoms with Crippen LogP contribution in [0.1, 0.15) is 5.56 Å². The van der Waals surface area contributed by atoms with Crippen LogP contribution < -0.4 is 4.74 Å². The molecule has 0 saturated heterocycles. The summed E-state index contributed by atoms with van der Waals surface area (Å²) in [5.74, 6) is 1.15. The maximum absolute atomic E-state index is 6.14. The summed E-state index contributed by atoms with van der Waals surface area (Å²) in [5, 5.41) is 2.76. The van der Waals surface area contributed by atoms with E-state index >= 15 is 0 Å². The molecule has 0 N–H and O–H groups in total. The SMILES string of the molecule is COc1ccc2ccccc2c1-c1nc(Cl)c(C)c(Cl)n1. The van der Waals surface area contributed by atoms with E-state index in [1.807, 2.05) is 36.4 Å². The van der Waals surface area contributed by atoms with Gasteiger partial charge in [-0.05, 0) is 23.8 Å². The Labute approximate surface area is 132 Å². The first-order valence-corrected chi connectivity index (χ1v) is 7.13. The first-order valence-electron chi connectivity index (χ1n) is 6.37. The van der Waals surface area contributed by atoms with E-state index in [1.54, 1.807) is 14.0 Å². The smallest absolute Gasteiger partial charge is 0.166 e. The molecule has 0 aliphatic heterocycles. The van der Waals surface area contributed by atoms with E-state index in [0.29, 0.717) is 27.4 Å². The van der Waals surface area contributed by atoms with E-state index in [2.05, 4.69) is 9.97 Å². The van der Waals surface area contributed by atoms with Crippen LogP contribution in [0.25, 0.3) is 22.2 Å². The molecule has 1 aromatic heterocycles. The molecule has 1 heterocycles. The zero-order chi connectivity index (χ0) is 15.0. The number of ether oxygens (including phenoxy) is 1. The minimum Gasteiger partial charge on any atom is -0.496 e. The molecular formula is C16H12Cl2N2O. The minimum atomic E-state index is 0.347. The number of fused-ring (bicyclic) bond motifs is 1. The quantitative estimate of drug-likeness (QED) is 0.629. The van der Waals surface area contributed by atoms with Gasteiger partial charge in [0.05, 0.1) is 12.7 Å². The van der Waals surface area contributed by atoms with Gasteiger partial charge in [0.2, 0.25) is 0 Å². The summed E-state index contributed by atoms with van der Waals surface area (Å²) in [5.41, 5.74) is 1.46. The lowest BCUT2D eigenvalue weighted by molar-refractivity contribution is 0.416. The van der Waals surface area contributed by atoms with Gasteiger partial charge in [-0.25, -0.2) is 9.97 Å². The Bertz CT molecular complexity index is 811. The number of hydrogen-bond donors (Lipinski definition) is 0. The van der Waals surface area contributed by atoms with E-state index < -0.39 is 0 Å². The molecule has 0 aliphatic rings. The Balaban J connectivity index is 2.38. The highest BCUT2D eigenvalue weighted by Gasteiger charge is 2.16. The molecule has 3 aromatic rings. The lowest BCUT2D eigenvalue weighted by Crippen LogP contribution is -1.97. The van der Waals surface area contributed by atoms with Crippen molar-refractivity contribution < 1.29 is 4.74 Å². The van der Waals surface area contributed by atoms with E-state index in [1.165, 1.54) is 0 Å². The van der Waals surface area contributed by atoms with Crippen molar-refractivity contribution in [1.82, 2.24) is 9.97 Å². The second-order valence-corrected chi connectivity index (χ2v) is 5.33. The van der Waals surface area contributed by atoms with Crippen LogP contribution >= 0.6 is 23.2 Å². The lowest BCUT2D eigenvalue weighted by Gasteiger charge is -2.12. The van der Waals surface area contributed by atoms with Crippen LogP contribution in [0.5, 0.6) is 5.75 Å². The number of methoxy groups -OCH3 is 1. The molecule has 0 aliphatic carbocycles. The molecule has 0 saturated carbocycles. The third-order valence-corrected chi connectivity index (χ3v) is 4.10. The zero-order valence-corrected chi connectivity index (χ0v) is 13.0. The summed E-state index contributed by atoms with van der Waals surface area (Å²) < 4.78 is 5.45. The number of aromatic nitrogens is 2. The maximum atomic E-state index is 6.14. The van der Waals surface area contributed by atoms with Crippen LogP contribution in [-0.4, -0.2) is 17.1 Å². The molecule has 0 fully saturated rings. The highest BCUT2D eigenvalue weighted by Crippen LogP contribution is 2.36. The van der Waals surface area contributed by atoms with E-state index in [0.717, 1.165) is 16.3 Å². The summed E-state index contributed by atoms with van der Waals surface area (Å²) in [7, 11) is 1.62. The number of halogens is 2. The van der Waals surface area contributed by atoms with Crippen molar-refractivity contribution >= 4 is 34.0 Å². The molecule has 0 radical (unpaired) electrons. The number of nitrogens with zero attached hydrogens (tertiary/aromatic N) is 2. The van der Waals surface area contributed by atoms with Gasteiger partial charge in [-0.3, -0.25) is 0 Å². The first kappa shape index (κ1) is 14.1. The minimum absolute atomic E-state index is 0.347. The molecule has 106 valence electrons. The van der Waals surface area contributed by atoms with Crippen LogP contribution in [0.3, 0.4) is 0 Å². The Hall–Kier alpha value is -1.84. The normalized spacial score (nSPS) is 10.9. The fourth-order valence-electron chi connectivity index (χ4n) is 2.23. The lowest BCUT2D eigenvalue weighted by atomic mass is 10.0. The highest BCUT2D eigenvalue weighted by molar-refractivity contribution is 6.34. The van der Waals surface area contributed by atoms with Gasteiger partial charge in [0.25, 0.3) is 0 Å². The average molecular weight is 319 g/mol. The topological polar surface area (TPSA) is 35.0 Å².